The molecule has 0 radical (unpaired) electrons. The molecule has 32 heavy (non-hydrogen) atoms. The fourth-order valence-electron chi connectivity index (χ4n) is 5.07. The first kappa shape index (κ1) is 21.1. The summed E-state index contributed by atoms with van der Waals surface area (Å²) < 4.78 is 50.5. The van der Waals surface area contributed by atoms with Gasteiger partial charge in [-0.2, -0.15) is 13.2 Å². The zero-order valence-electron chi connectivity index (χ0n) is 17.6. The molecule has 0 bridgehead atoms. The van der Waals surface area contributed by atoms with Crippen molar-refractivity contribution in [3.63, 3.8) is 0 Å². The van der Waals surface area contributed by atoms with E-state index in [1.54, 1.807) is 4.90 Å². The summed E-state index contributed by atoms with van der Waals surface area (Å²) in [4.78, 5) is 17.1. The van der Waals surface area contributed by atoms with Gasteiger partial charge in [0.1, 0.15) is 13.2 Å². The molecule has 2 aromatic rings. The summed E-state index contributed by atoms with van der Waals surface area (Å²) >= 11 is 0. The van der Waals surface area contributed by atoms with Gasteiger partial charge in [-0.25, -0.2) is 0 Å². The maximum Gasteiger partial charge on any atom is 0.416 e. The molecule has 0 aliphatic carbocycles. The average molecular weight is 446 g/mol. The van der Waals surface area contributed by atoms with E-state index in [9.17, 15) is 18.0 Å². The molecule has 0 N–H and O–H groups in total. The van der Waals surface area contributed by atoms with Gasteiger partial charge in [-0.15, -0.1) is 0 Å². The number of hydrogen-bond acceptors (Lipinski definition) is 4. The molecule has 5 rings (SSSR count). The monoisotopic (exact) mass is 446 g/mol. The first-order valence-corrected chi connectivity index (χ1v) is 11.0. The SMILES string of the molecule is O=C(c1cccc(C(F)(F)F)c1)N1C[C@H]2CCCN(Cc3ccc4c(c3)OCCO4)[C@H]2C1. The summed E-state index contributed by atoms with van der Waals surface area (Å²) in [5, 5.41) is 0. The lowest BCUT2D eigenvalue weighted by molar-refractivity contribution is -0.137. The third kappa shape index (κ3) is 4.16. The van der Waals surface area contributed by atoms with Crippen molar-refractivity contribution < 1.29 is 27.4 Å². The molecular weight excluding hydrogens is 421 g/mol. The normalized spacial score (nSPS) is 23.2. The quantitative estimate of drug-likeness (QED) is 0.708. The van der Waals surface area contributed by atoms with E-state index in [4.69, 9.17) is 9.47 Å². The van der Waals surface area contributed by atoms with Crippen LogP contribution in [0.2, 0.25) is 0 Å². The summed E-state index contributed by atoms with van der Waals surface area (Å²) in [6.45, 7) is 3.88. The van der Waals surface area contributed by atoms with Crippen LogP contribution >= 0.6 is 0 Å². The Morgan fingerprint density at radius 2 is 1.84 bits per heavy atom. The van der Waals surface area contributed by atoms with Crippen molar-refractivity contribution in [2.45, 2.75) is 31.6 Å². The average Bonchev–Trinajstić information content (AvgIpc) is 3.23. The highest BCUT2D eigenvalue weighted by molar-refractivity contribution is 5.94. The highest BCUT2D eigenvalue weighted by atomic mass is 19.4. The molecule has 1 amide bonds. The lowest BCUT2D eigenvalue weighted by Gasteiger charge is -2.37. The summed E-state index contributed by atoms with van der Waals surface area (Å²) in [6, 6.07) is 10.9. The number of carbonyl (C=O) groups excluding carboxylic acids is 1. The van der Waals surface area contributed by atoms with Crippen LogP contribution in [0.15, 0.2) is 42.5 Å². The minimum Gasteiger partial charge on any atom is -0.486 e. The van der Waals surface area contributed by atoms with Gasteiger partial charge in [-0.05, 0) is 61.2 Å². The second kappa shape index (κ2) is 8.31. The van der Waals surface area contributed by atoms with Crippen molar-refractivity contribution in [2.75, 3.05) is 32.8 Å². The molecule has 0 aromatic heterocycles. The molecule has 0 unspecified atom stereocenters. The van der Waals surface area contributed by atoms with Crippen LogP contribution in [-0.2, 0) is 12.7 Å². The molecule has 2 atom stereocenters. The molecule has 2 aromatic carbocycles. The Balaban J connectivity index is 1.30. The van der Waals surface area contributed by atoms with Crippen molar-refractivity contribution in [3.8, 4) is 11.5 Å². The van der Waals surface area contributed by atoms with Crippen LogP contribution in [0.5, 0.6) is 11.5 Å². The van der Waals surface area contributed by atoms with Crippen LogP contribution in [0.25, 0.3) is 0 Å². The van der Waals surface area contributed by atoms with E-state index in [0.29, 0.717) is 32.2 Å². The number of piperidine rings is 1. The van der Waals surface area contributed by atoms with Gasteiger partial charge in [0.15, 0.2) is 11.5 Å². The smallest absolute Gasteiger partial charge is 0.416 e. The number of carbonyl (C=O) groups is 1. The number of nitrogens with zero attached hydrogens (tertiary/aromatic N) is 2. The van der Waals surface area contributed by atoms with Crippen molar-refractivity contribution in [3.05, 3.63) is 59.2 Å². The fourth-order valence-corrected chi connectivity index (χ4v) is 5.07. The maximum absolute atomic E-state index is 13.1. The molecule has 3 aliphatic rings. The van der Waals surface area contributed by atoms with Gasteiger partial charge in [0.25, 0.3) is 5.91 Å². The second-order valence-electron chi connectivity index (χ2n) is 8.71. The summed E-state index contributed by atoms with van der Waals surface area (Å²) in [5.41, 5.74) is 0.426. The predicted molar refractivity (Wildman–Crippen MR) is 112 cm³/mol. The first-order chi connectivity index (χ1) is 15.4. The topological polar surface area (TPSA) is 42.0 Å². The van der Waals surface area contributed by atoms with Crippen molar-refractivity contribution in [2.24, 2.45) is 5.92 Å². The van der Waals surface area contributed by atoms with E-state index in [1.165, 1.54) is 12.1 Å². The first-order valence-electron chi connectivity index (χ1n) is 11.0. The van der Waals surface area contributed by atoms with E-state index < -0.39 is 11.7 Å². The molecule has 3 aliphatic heterocycles. The molecule has 2 fully saturated rings. The van der Waals surface area contributed by atoms with Crippen LogP contribution in [0, 0.1) is 5.92 Å². The van der Waals surface area contributed by atoms with Gasteiger partial charge >= 0.3 is 6.18 Å². The van der Waals surface area contributed by atoms with Gasteiger partial charge in [0.2, 0.25) is 0 Å². The summed E-state index contributed by atoms with van der Waals surface area (Å²) in [5.74, 6) is 1.52. The number of amides is 1. The second-order valence-corrected chi connectivity index (χ2v) is 8.71. The Bertz CT molecular complexity index is 1010. The van der Waals surface area contributed by atoms with Crippen LogP contribution in [0.1, 0.15) is 34.3 Å². The van der Waals surface area contributed by atoms with Gasteiger partial charge < -0.3 is 14.4 Å². The van der Waals surface area contributed by atoms with Crippen molar-refractivity contribution in [1.82, 2.24) is 9.80 Å². The largest absolute Gasteiger partial charge is 0.486 e. The van der Waals surface area contributed by atoms with Gasteiger partial charge in [0, 0.05) is 31.2 Å². The molecule has 3 heterocycles. The van der Waals surface area contributed by atoms with E-state index in [-0.39, 0.29) is 17.5 Å². The fraction of sp³-hybridized carbons (Fsp3) is 0.458. The molecule has 2 saturated heterocycles. The molecule has 0 spiro atoms. The Morgan fingerprint density at radius 3 is 2.66 bits per heavy atom. The van der Waals surface area contributed by atoms with Crippen LogP contribution in [0.4, 0.5) is 13.2 Å². The highest BCUT2D eigenvalue weighted by Crippen LogP contribution is 2.35. The summed E-state index contributed by atoms with van der Waals surface area (Å²) in [7, 11) is 0. The van der Waals surface area contributed by atoms with Crippen molar-refractivity contribution >= 4 is 5.91 Å². The van der Waals surface area contributed by atoms with Crippen molar-refractivity contribution in [1.29, 1.82) is 0 Å². The minimum absolute atomic E-state index is 0.0943. The number of alkyl halides is 3. The number of likely N-dealkylation sites (tertiary alicyclic amines) is 2. The zero-order valence-corrected chi connectivity index (χ0v) is 17.6. The van der Waals surface area contributed by atoms with Crippen LogP contribution < -0.4 is 9.47 Å². The molecular formula is C24H25F3N2O3. The number of benzene rings is 2. The van der Waals surface area contributed by atoms with Gasteiger partial charge in [-0.1, -0.05) is 12.1 Å². The third-order valence-electron chi connectivity index (χ3n) is 6.61. The number of rotatable bonds is 3. The lowest BCUT2D eigenvalue weighted by Crippen LogP contribution is -2.44. The standard InChI is InChI=1S/C24H25F3N2O3/c25-24(26,27)19-5-1-3-17(12-19)23(30)29-14-18-4-2-8-28(20(18)15-29)13-16-6-7-21-22(11-16)32-10-9-31-21/h1,3,5-7,11-12,18,20H,2,4,8-10,13-15H2/t18-,20+/m1/s1. The summed E-state index contributed by atoms with van der Waals surface area (Å²) in [6.07, 6.45) is -2.40. The molecule has 8 heteroatoms. The van der Waals surface area contributed by atoms with Gasteiger partial charge in [-0.3, -0.25) is 9.69 Å². The number of halogens is 3. The Morgan fingerprint density at radius 1 is 1.03 bits per heavy atom. The Kier molecular flexibility index (Phi) is 5.49. The number of fused-ring (bicyclic) bond motifs is 2. The Labute approximate surface area is 184 Å². The zero-order chi connectivity index (χ0) is 22.3. The molecule has 5 nitrogen and oxygen atoms in total. The lowest BCUT2D eigenvalue weighted by atomic mass is 9.91. The van der Waals surface area contributed by atoms with E-state index in [0.717, 1.165) is 55.1 Å². The van der Waals surface area contributed by atoms with Crippen LogP contribution in [-0.4, -0.2) is 54.6 Å². The third-order valence-corrected chi connectivity index (χ3v) is 6.61. The Hall–Kier alpha value is -2.74. The minimum atomic E-state index is -4.46. The maximum atomic E-state index is 13.1. The predicted octanol–water partition coefficient (Wildman–Crippen LogP) is 4.21. The molecule has 0 saturated carbocycles. The number of ether oxygens (including phenoxy) is 2. The van der Waals surface area contributed by atoms with E-state index in [1.807, 2.05) is 18.2 Å². The van der Waals surface area contributed by atoms with Crippen LogP contribution in [0.3, 0.4) is 0 Å². The van der Waals surface area contributed by atoms with E-state index in [2.05, 4.69) is 4.90 Å². The van der Waals surface area contributed by atoms with Gasteiger partial charge in [0.05, 0.1) is 5.56 Å². The van der Waals surface area contributed by atoms with E-state index >= 15 is 0 Å². The molecule has 170 valence electrons. The number of hydrogen-bond donors (Lipinski definition) is 0. The highest BCUT2D eigenvalue weighted by Gasteiger charge is 2.41.